The minimum atomic E-state index is -0.540. The van der Waals surface area contributed by atoms with Crippen molar-refractivity contribution in [3.63, 3.8) is 0 Å². The summed E-state index contributed by atoms with van der Waals surface area (Å²) in [7, 11) is 0. The van der Waals surface area contributed by atoms with E-state index in [0.29, 0.717) is 32.9 Å². The lowest BCUT2D eigenvalue weighted by Crippen LogP contribution is -2.46. The fraction of sp³-hybridized carbons (Fsp3) is 0.882. The second-order valence-corrected chi connectivity index (χ2v) is 6.92. The zero-order valence-electron chi connectivity index (χ0n) is 15.6. The van der Waals surface area contributed by atoms with Crippen LogP contribution >= 0.6 is 0 Å². The maximum atomic E-state index is 12.2. The van der Waals surface area contributed by atoms with Gasteiger partial charge in [-0.2, -0.15) is 0 Å². The molecule has 7 nitrogen and oxygen atoms in total. The van der Waals surface area contributed by atoms with Gasteiger partial charge in [-0.25, -0.2) is 4.79 Å². The molecule has 1 N–H and O–H groups in total. The van der Waals surface area contributed by atoms with Crippen LogP contribution in [0.15, 0.2) is 0 Å². The molecule has 1 rings (SSSR count). The van der Waals surface area contributed by atoms with Gasteiger partial charge < -0.3 is 24.4 Å². The molecule has 0 radical (unpaired) electrons. The van der Waals surface area contributed by atoms with E-state index in [4.69, 9.17) is 14.2 Å². The summed E-state index contributed by atoms with van der Waals surface area (Å²) in [6, 6.07) is -0.0283. The molecule has 0 aromatic carbocycles. The highest BCUT2D eigenvalue weighted by molar-refractivity contribution is 5.80. The minimum Gasteiger partial charge on any atom is -0.444 e. The summed E-state index contributed by atoms with van der Waals surface area (Å²) in [5.74, 6) is -0.178. The van der Waals surface area contributed by atoms with Crippen LogP contribution in [0.1, 0.15) is 47.5 Å². The third-order valence-electron chi connectivity index (χ3n) is 3.69. The largest absolute Gasteiger partial charge is 0.444 e. The Morgan fingerprint density at radius 1 is 1.29 bits per heavy atom. The van der Waals surface area contributed by atoms with E-state index in [2.05, 4.69) is 5.32 Å². The van der Waals surface area contributed by atoms with E-state index in [1.54, 1.807) is 11.8 Å². The van der Waals surface area contributed by atoms with E-state index < -0.39 is 11.7 Å². The number of likely N-dealkylation sites (tertiary alicyclic amines) is 1. The Labute approximate surface area is 145 Å². The fourth-order valence-electron chi connectivity index (χ4n) is 2.47. The average molecular weight is 344 g/mol. The van der Waals surface area contributed by atoms with Crippen LogP contribution in [0.2, 0.25) is 0 Å². The van der Waals surface area contributed by atoms with Crippen molar-refractivity contribution in [2.45, 2.75) is 65.2 Å². The first-order chi connectivity index (χ1) is 11.2. The van der Waals surface area contributed by atoms with Crippen molar-refractivity contribution in [3.8, 4) is 0 Å². The molecule has 0 saturated carbocycles. The summed E-state index contributed by atoms with van der Waals surface area (Å²) in [5, 5.41) is 2.86. The van der Waals surface area contributed by atoms with Gasteiger partial charge in [0.25, 0.3) is 0 Å². The molecule has 24 heavy (non-hydrogen) atoms. The maximum absolute atomic E-state index is 12.2. The summed E-state index contributed by atoms with van der Waals surface area (Å²) in [4.78, 5) is 26.0. The molecule has 140 valence electrons. The Kier molecular flexibility index (Phi) is 8.48. The highest BCUT2D eigenvalue weighted by Crippen LogP contribution is 2.20. The Morgan fingerprint density at radius 2 is 2.00 bits per heavy atom. The number of rotatable bonds is 8. The smallest absolute Gasteiger partial charge is 0.410 e. The van der Waals surface area contributed by atoms with Crippen LogP contribution in [0.5, 0.6) is 0 Å². The van der Waals surface area contributed by atoms with Crippen LogP contribution in [0.4, 0.5) is 4.79 Å². The Morgan fingerprint density at radius 3 is 2.62 bits per heavy atom. The summed E-state index contributed by atoms with van der Waals surface area (Å²) in [6.07, 6.45) is 0.918. The molecule has 1 aliphatic rings. The van der Waals surface area contributed by atoms with Gasteiger partial charge in [-0.15, -0.1) is 0 Å². The predicted molar refractivity (Wildman–Crippen MR) is 90.9 cm³/mol. The maximum Gasteiger partial charge on any atom is 0.410 e. The normalized spacial score (nSPS) is 19.2. The number of carbonyl (C=O) groups excluding carboxylic acids is 2. The van der Waals surface area contributed by atoms with Gasteiger partial charge in [-0.3, -0.25) is 4.79 Å². The van der Waals surface area contributed by atoms with Crippen LogP contribution in [0.25, 0.3) is 0 Å². The highest BCUT2D eigenvalue weighted by atomic mass is 16.6. The number of amides is 2. The zero-order chi connectivity index (χ0) is 18.2. The molecule has 2 amide bonds. The molecule has 1 saturated heterocycles. The first kappa shape index (κ1) is 20.7. The Hall–Kier alpha value is -1.34. The standard InChI is InChI=1S/C17H32N2O5/c1-6-22-10-11-23-13(2)15(20)18-12-14-8-7-9-19(14)16(21)24-17(3,4)5/h13-14H,6-12H2,1-5H3,(H,18,20). The minimum absolute atomic E-state index is 0.0283. The van der Waals surface area contributed by atoms with Crippen LogP contribution in [0.3, 0.4) is 0 Å². The molecule has 1 heterocycles. The molecule has 0 aromatic rings. The number of carbonyl (C=O) groups is 2. The van der Waals surface area contributed by atoms with Crippen molar-refractivity contribution in [1.29, 1.82) is 0 Å². The van der Waals surface area contributed by atoms with Gasteiger partial charge in [-0.05, 0) is 47.5 Å². The number of nitrogens with zero attached hydrogens (tertiary/aromatic N) is 1. The van der Waals surface area contributed by atoms with Crippen molar-refractivity contribution in [3.05, 3.63) is 0 Å². The first-order valence-electron chi connectivity index (χ1n) is 8.71. The van der Waals surface area contributed by atoms with Crippen molar-refractivity contribution in [2.24, 2.45) is 0 Å². The lowest BCUT2D eigenvalue weighted by Gasteiger charge is -2.29. The summed E-state index contributed by atoms with van der Waals surface area (Å²) < 4.78 is 16.0. The van der Waals surface area contributed by atoms with Gasteiger partial charge in [0.1, 0.15) is 11.7 Å². The Bertz CT molecular complexity index is 408. The van der Waals surface area contributed by atoms with E-state index in [1.807, 2.05) is 27.7 Å². The molecular formula is C17H32N2O5. The van der Waals surface area contributed by atoms with Crippen LogP contribution in [0, 0.1) is 0 Å². The zero-order valence-corrected chi connectivity index (χ0v) is 15.6. The molecule has 0 aromatic heterocycles. The van der Waals surface area contributed by atoms with Crippen molar-refractivity contribution in [2.75, 3.05) is 32.9 Å². The fourth-order valence-corrected chi connectivity index (χ4v) is 2.47. The van der Waals surface area contributed by atoms with Gasteiger partial charge in [0.05, 0.1) is 19.3 Å². The van der Waals surface area contributed by atoms with Crippen molar-refractivity contribution < 1.29 is 23.8 Å². The molecule has 1 aliphatic heterocycles. The molecule has 2 atom stereocenters. The SMILES string of the molecule is CCOCCOC(C)C(=O)NCC1CCCN1C(=O)OC(C)(C)C. The van der Waals surface area contributed by atoms with Crippen LogP contribution in [-0.4, -0.2) is 67.6 Å². The molecule has 0 spiro atoms. The van der Waals surface area contributed by atoms with E-state index in [1.165, 1.54) is 0 Å². The molecule has 1 fully saturated rings. The number of ether oxygens (including phenoxy) is 3. The van der Waals surface area contributed by atoms with E-state index in [0.717, 1.165) is 12.8 Å². The lowest BCUT2D eigenvalue weighted by atomic mass is 10.2. The summed E-state index contributed by atoms with van der Waals surface area (Å²) in [6.45, 7) is 11.7. The summed E-state index contributed by atoms with van der Waals surface area (Å²) >= 11 is 0. The monoisotopic (exact) mass is 344 g/mol. The van der Waals surface area contributed by atoms with Gasteiger partial charge in [0.2, 0.25) is 5.91 Å². The Balaban J connectivity index is 2.36. The third-order valence-corrected chi connectivity index (χ3v) is 3.69. The predicted octanol–water partition coefficient (Wildman–Crippen LogP) is 1.94. The molecule has 0 bridgehead atoms. The topological polar surface area (TPSA) is 77.1 Å². The second kappa shape index (κ2) is 9.84. The second-order valence-electron chi connectivity index (χ2n) is 6.92. The quantitative estimate of drug-likeness (QED) is 0.681. The lowest BCUT2D eigenvalue weighted by molar-refractivity contribution is -0.132. The van der Waals surface area contributed by atoms with E-state index >= 15 is 0 Å². The van der Waals surface area contributed by atoms with Gasteiger partial charge >= 0.3 is 6.09 Å². The molecule has 0 aliphatic carbocycles. The number of hydrogen-bond donors (Lipinski definition) is 1. The highest BCUT2D eigenvalue weighted by Gasteiger charge is 2.32. The van der Waals surface area contributed by atoms with Crippen molar-refractivity contribution >= 4 is 12.0 Å². The average Bonchev–Trinajstić information content (AvgIpc) is 2.95. The van der Waals surface area contributed by atoms with Gasteiger partial charge in [0.15, 0.2) is 0 Å². The van der Waals surface area contributed by atoms with E-state index in [9.17, 15) is 9.59 Å². The van der Waals surface area contributed by atoms with Crippen molar-refractivity contribution in [1.82, 2.24) is 10.2 Å². The number of hydrogen-bond acceptors (Lipinski definition) is 5. The summed E-state index contributed by atoms with van der Waals surface area (Å²) in [5.41, 5.74) is -0.517. The van der Waals surface area contributed by atoms with E-state index in [-0.39, 0.29) is 18.0 Å². The van der Waals surface area contributed by atoms with Gasteiger partial charge in [-0.1, -0.05) is 0 Å². The van der Waals surface area contributed by atoms with Crippen LogP contribution < -0.4 is 5.32 Å². The molecular weight excluding hydrogens is 312 g/mol. The van der Waals surface area contributed by atoms with Crippen LogP contribution in [-0.2, 0) is 19.0 Å². The first-order valence-corrected chi connectivity index (χ1v) is 8.71. The molecule has 2 unspecified atom stereocenters. The molecule has 7 heteroatoms. The number of nitrogens with one attached hydrogen (secondary N) is 1. The van der Waals surface area contributed by atoms with Gasteiger partial charge in [0, 0.05) is 19.7 Å². The third kappa shape index (κ3) is 7.49.